The number of pyridine rings is 1. The van der Waals surface area contributed by atoms with Crippen LogP contribution in [-0.2, 0) is 0 Å². The van der Waals surface area contributed by atoms with E-state index in [2.05, 4.69) is 20.9 Å². The fourth-order valence-electron chi connectivity index (χ4n) is 1.44. The zero-order valence-electron chi connectivity index (χ0n) is 9.18. The molecule has 17 heavy (non-hydrogen) atoms. The monoisotopic (exact) mass is 291 g/mol. The van der Waals surface area contributed by atoms with Crippen LogP contribution in [0.1, 0.15) is 16.1 Å². The smallest absolute Gasteiger partial charge is 0.213 e. The molecule has 2 rings (SSSR count). The van der Waals surface area contributed by atoms with Crippen LogP contribution in [0.5, 0.6) is 5.88 Å². The number of benzene rings is 1. The molecule has 1 heterocycles. The number of nitrogens with zero attached hydrogens (tertiary/aromatic N) is 1. The third-order valence-corrected chi connectivity index (χ3v) is 2.98. The molecule has 0 unspecified atom stereocenters. The average molecular weight is 292 g/mol. The van der Waals surface area contributed by atoms with Gasteiger partial charge in [0.15, 0.2) is 0 Å². The Morgan fingerprint density at radius 2 is 1.94 bits per heavy atom. The van der Waals surface area contributed by atoms with Crippen molar-refractivity contribution < 1.29 is 9.53 Å². The van der Waals surface area contributed by atoms with Crippen LogP contribution >= 0.6 is 15.9 Å². The third kappa shape index (κ3) is 2.53. The molecular formula is C13H10BrNO2. The molecule has 0 saturated heterocycles. The fraction of sp³-hybridized carbons (Fsp3) is 0.0769. The molecule has 0 aliphatic carbocycles. The molecule has 0 amide bonds. The van der Waals surface area contributed by atoms with Gasteiger partial charge in [0.2, 0.25) is 11.7 Å². The second-order valence-electron chi connectivity index (χ2n) is 3.37. The van der Waals surface area contributed by atoms with E-state index in [1.54, 1.807) is 24.3 Å². The predicted molar refractivity (Wildman–Crippen MR) is 68.4 cm³/mol. The number of ketones is 1. The van der Waals surface area contributed by atoms with Crippen LogP contribution in [0.2, 0.25) is 0 Å². The lowest BCUT2D eigenvalue weighted by atomic mass is 10.1. The standard InChI is InChI=1S/C13H10BrNO2/c1-17-12-8-4-7-11(15-12)13(16)9-5-2-3-6-10(9)14/h2-8H,1H3. The zero-order valence-corrected chi connectivity index (χ0v) is 10.8. The van der Waals surface area contributed by atoms with Crippen LogP contribution in [0.3, 0.4) is 0 Å². The van der Waals surface area contributed by atoms with Gasteiger partial charge in [-0.25, -0.2) is 4.98 Å². The van der Waals surface area contributed by atoms with Gasteiger partial charge < -0.3 is 4.74 Å². The zero-order chi connectivity index (χ0) is 12.3. The number of carbonyl (C=O) groups is 1. The Balaban J connectivity index is 2.40. The van der Waals surface area contributed by atoms with Crippen LogP contribution in [-0.4, -0.2) is 17.9 Å². The van der Waals surface area contributed by atoms with Gasteiger partial charge >= 0.3 is 0 Å². The van der Waals surface area contributed by atoms with Crippen LogP contribution in [0.25, 0.3) is 0 Å². The molecule has 1 aromatic carbocycles. The molecule has 4 heteroatoms. The van der Waals surface area contributed by atoms with Crippen molar-refractivity contribution in [1.82, 2.24) is 4.98 Å². The Morgan fingerprint density at radius 1 is 1.18 bits per heavy atom. The summed E-state index contributed by atoms with van der Waals surface area (Å²) in [5.74, 6) is 0.305. The van der Waals surface area contributed by atoms with Crippen LogP contribution in [0.4, 0.5) is 0 Å². The van der Waals surface area contributed by atoms with Crippen molar-refractivity contribution in [3.05, 3.63) is 58.2 Å². The Kier molecular flexibility index (Phi) is 3.54. The topological polar surface area (TPSA) is 39.2 Å². The van der Waals surface area contributed by atoms with Crippen molar-refractivity contribution in [2.45, 2.75) is 0 Å². The minimum atomic E-state index is -0.128. The first kappa shape index (κ1) is 11.8. The van der Waals surface area contributed by atoms with Crippen LogP contribution < -0.4 is 4.74 Å². The van der Waals surface area contributed by atoms with Gasteiger partial charge in [-0.05, 0) is 18.2 Å². The lowest BCUT2D eigenvalue weighted by molar-refractivity contribution is 0.103. The summed E-state index contributed by atoms with van der Waals surface area (Å²) in [6.07, 6.45) is 0. The Morgan fingerprint density at radius 3 is 2.65 bits per heavy atom. The number of carbonyl (C=O) groups excluding carboxylic acids is 1. The molecular weight excluding hydrogens is 282 g/mol. The quantitative estimate of drug-likeness (QED) is 0.816. The van der Waals surface area contributed by atoms with E-state index in [1.165, 1.54) is 7.11 Å². The summed E-state index contributed by atoms with van der Waals surface area (Å²) in [5.41, 5.74) is 0.963. The van der Waals surface area contributed by atoms with E-state index in [4.69, 9.17) is 4.74 Å². The van der Waals surface area contributed by atoms with Crippen LogP contribution in [0, 0.1) is 0 Å². The molecule has 0 spiro atoms. The summed E-state index contributed by atoms with van der Waals surface area (Å²) in [4.78, 5) is 16.3. The lowest BCUT2D eigenvalue weighted by Gasteiger charge is -2.04. The van der Waals surface area contributed by atoms with Crippen molar-refractivity contribution in [3.63, 3.8) is 0 Å². The summed E-state index contributed by atoms with van der Waals surface area (Å²) >= 11 is 3.35. The first-order valence-corrected chi connectivity index (χ1v) is 5.82. The molecule has 0 saturated carbocycles. The Hall–Kier alpha value is -1.68. The molecule has 0 fully saturated rings. The highest BCUT2D eigenvalue weighted by molar-refractivity contribution is 9.10. The minimum Gasteiger partial charge on any atom is -0.481 e. The summed E-state index contributed by atoms with van der Waals surface area (Å²) in [6.45, 7) is 0. The maximum atomic E-state index is 12.2. The number of hydrogen-bond donors (Lipinski definition) is 0. The molecule has 86 valence electrons. The van der Waals surface area contributed by atoms with E-state index in [-0.39, 0.29) is 5.78 Å². The molecule has 0 aliphatic rings. The number of halogens is 1. The summed E-state index contributed by atoms with van der Waals surface area (Å²) in [7, 11) is 1.52. The van der Waals surface area contributed by atoms with Gasteiger partial charge in [-0.2, -0.15) is 0 Å². The normalized spacial score (nSPS) is 10.0. The van der Waals surface area contributed by atoms with Gasteiger partial charge in [-0.15, -0.1) is 0 Å². The summed E-state index contributed by atoms with van der Waals surface area (Å²) in [5, 5.41) is 0. The molecule has 0 atom stereocenters. The van der Waals surface area contributed by atoms with E-state index in [1.807, 2.05) is 18.2 Å². The summed E-state index contributed by atoms with van der Waals surface area (Å²) < 4.78 is 5.75. The molecule has 0 N–H and O–H groups in total. The van der Waals surface area contributed by atoms with E-state index in [0.29, 0.717) is 17.1 Å². The first-order chi connectivity index (χ1) is 8.22. The van der Waals surface area contributed by atoms with Crippen molar-refractivity contribution in [2.24, 2.45) is 0 Å². The molecule has 2 aromatic rings. The number of hydrogen-bond acceptors (Lipinski definition) is 3. The molecule has 0 aliphatic heterocycles. The number of aromatic nitrogens is 1. The van der Waals surface area contributed by atoms with E-state index in [0.717, 1.165) is 4.47 Å². The number of rotatable bonds is 3. The maximum Gasteiger partial charge on any atom is 0.213 e. The van der Waals surface area contributed by atoms with E-state index in [9.17, 15) is 4.79 Å². The number of ether oxygens (including phenoxy) is 1. The summed E-state index contributed by atoms with van der Waals surface area (Å²) in [6, 6.07) is 12.4. The van der Waals surface area contributed by atoms with Crippen LogP contribution in [0.15, 0.2) is 46.9 Å². The van der Waals surface area contributed by atoms with Crippen molar-refractivity contribution in [3.8, 4) is 5.88 Å². The van der Waals surface area contributed by atoms with Gasteiger partial charge in [0, 0.05) is 16.1 Å². The molecule has 3 nitrogen and oxygen atoms in total. The highest BCUT2D eigenvalue weighted by atomic mass is 79.9. The third-order valence-electron chi connectivity index (χ3n) is 2.28. The van der Waals surface area contributed by atoms with Gasteiger partial charge in [0.1, 0.15) is 5.69 Å². The van der Waals surface area contributed by atoms with Gasteiger partial charge in [0.25, 0.3) is 0 Å². The molecule has 1 aromatic heterocycles. The lowest BCUT2D eigenvalue weighted by Crippen LogP contribution is -2.05. The van der Waals surface area contributed by atoms with Gasteiger partial charge in [-0.3, -0.25) is 4.79 Å². The molecule has 0 bridgehead atoms. The maximum absolute atomic E-state index is 12.2. The van der Waals surface area contributed by atoms with Crippen molar-refractivity contribution in [2.75, 3.05) is 7.11 Å². The Bertz CT molecular complexity index is 555. The highest BCUT2D eigenvalue weighted by Gasteiger charge is 2.13. The highest BCUT2D eigenvalue weighted by Crippen LogP contribution is 2.19. The molecule has 0 radical (unpaired) electrons. The van der Waals surface area contributed by atoms with Crippen molar-refractivity contribution in [1.29, 1.82) is 0 Å². The fourth-order valence-corrected chi connectivity index (χ4v) is 1.90. The number of methoxy groups -OCH3 is 1. The Labute approximate surface area is 108 Å². The van der Waals surface area contributed by atoms with Gasteiger partial charge in [0.05, 0.1) is 7.11 Å². The predicted octanol–water partition coefficient (Wildman–Crippen LogP) is 3.08. The SMILES string of the molecule is COc1cccc(C(=O)c2ccccc2Br)n1. The average Bonchev–Trinajstić information content (AvgIpc) is 2.38. The second-order valence-corrected chi connectivity index (χ2v) is 4.23. The van der Waals surface area contributed by atoms with E-state index >= 15 is 0 Å². The van der Waals surface area contributed by atoms with Crippen molar-refractivity contribution >= 4 is 21.7 Å². The second kappa shape index (κ2) is 5.10. The minimum absolute atomic E-state index is 0.128. The van der Waals surface area contributed by atoms with Gasteiger partial charge in [-0.1, -0.05) is 34.1 Å². The first-order valence-electron chi connectivity index (χ1n) is 5.02. The largest absolute Gasteiger partial charge is 0.481 e. The van der Waals surface area contributed by atoms with E-state index < -0.39 is 0 Å².